The predicted octanol–water partition coefficient (Wildman–Crippen LogP) is 0.153. The first kappa shape index (κ1) is 12.6. The van der Waals surface area contributed by atoms with E-state index in [1.54, 1.807) is 7.11 Å². The van der Waals surface area contributed by atoms with Crippen LogP contribution in [-0.2, 0) is 11.2 Å². The van der Waals surface area contributed by atoms with Gasteiger partial charge in [-0.25, -0.2) is 9.78 Å². The molecule has 2 heterocycles. The molecule has 0 amide bonds. The number of methoxy groups -OCH3 is 1. The Morgan fingerprint density at radius 3 is 2.56 bits per heavy atom. The Morgan fingerprint density at radius 1 is 1.22 bits per heavy atom. The first-order valence-electron chi connectivity index (χ1n) is 5.75. The van der Waals surface area contributed by atoms with E-state index < -0.39 is 11.2 Å². The Morgan fingerprint density at radius 2 is 1.94 bits per heavy atom. The summed E-state index contributed by atoms with van der Waals surface area (Å²) < 4.78 is 5.35. The van der Waals surface area contributed by atoms with E-state index in [-0.39, 0.29) is 17.3 Å². The zero-order valence-corrected chi connectivity index (χ0v) is 10.5. The molecule has 7 nitrogen and oxygen atoms in total. The van der Waals surface area contributed by atoms with Crippen LogP contribution in [0.1, 0.15) is 19.7 Å². The zero-order chi connectivity index (χ0) is 13.3. The van der Waals surface area contributed by atoms with Crippen molar-refractivity contribution in [1.82, 2.24) is 19.9 Å². The highest BCUT2D eigenvalue weighted by molar-refractivity contribution is 5.68. The van der Waals surface area contributed by atoms with E-state index in [4.69, 9.17) is 4.74 Å². The summed E-state index contributed by atoms with van der Waals surface area (Å²) >= 11 is 0. The fourth-order valence-electron chi connectivity index (χ4n) is 1.86. The van der Waals surface area contributed by atoms with Crippen molar-refractivity contribution >= 4 is 11.2 Å². The molecule has 0 bridgehead atoms. The van der Waals surface area contributed by atoms with Gasteiger partial charge in [-0.2, -0.15) is 0 Å². The van der Waals surface area contributed by atoms with Crippen molar-refractivity contribution in [3.63, 3.8) is 0 Å². The monoisotopic (exact) mass is 252 g/mol. The fourth-order valence-corrected chi connectivity index (χ4v) is 1.86. The van der Waals surface area contributed by atoms with Crippen LogP contribution in [0.5, 0.6) is 0 Å². The van der Waals surface area contributed by atoms with Crippen LogP contribution in [0, 0.1) is 5.92 Å². The number of rotatable bonds is 4. The van der Waals surface area contributed by atoms with Crippen LogP contribution in [0.3, 0.4) is 0 Å². The summed E-state index contributed by atoms with van der Waals surface area (Å²) in [5.74, 6) is 0.957. The van der Waals surface area contributed by atoms with Gasteiger partial charge in [0.25, 0.3) is 5.56 Å². The number of aromatic nitrogens is 4. The normalized spacial score (nSPS) is 13.3. The number of fused-ring (bicyclic) bond motifs is 1. The van der Waals surface area contributed by atoms with Gasteiger partial charge in [0.15, 0.2) is 5.65 Å². The van der Waals surface area contributed by atoms with Crippen molar-refractivity contribution in [2.75, 3.05) is 7.11 Å². The fraction of sp³-hybridized carbons (Fsp3) is 0.545. The molecular formula is C11H16N4O3. The summed E-state index contributed by atoms with van der Waals surface area (Å²) in [6.45, 7) is 4.09. The molecular weight excluding hydrogens is 236 g/mol. The van der Waals surface area contributed by atoms with Crippen molar-refractivity contribution in [3.05, 3.63) is 26.7 Å². The van der Waals surface area contributed by atoms with E-state index in [0.29, 0.717) is 18.2 Å². The predicted molar refractivity (Wildman–Crippen MR) is 66.7 cm³/mol. The second kappa shape index (κ2) is 4.77. The lowest BCUT2D eigenvalue weighted by molar-refractivity contribution is 0.0640. The molecule has 0 saturated heterocycles. The molecule has 1 atom stereocenters. The zero-order valence-electron chi connectivity index (χ0n) is 10.5. The number of aromatic amines is 3. The van der Waals surface area contributed by atoms with Gasteiger partial charge in [-0.1, -0.05) is 13.8 Å². The highest BCUT2D eigenvalue weighted by atomic mass is 16.5. The third-order valence-electron chi connectivity index (χ3n) is 2.88. The molecule has 1 unspecified atom stereocenters. The molecule has 98 valence electrons. The molecule has 0 radical (unpaired) electrons. The standard InChI is InChI=1S/C11H16N4O3/c1-5(2)6(18-3)4-7-12-8-9(13-7)14-11(17)15-10(8)16/h5-6H,4H2,1-3H3,(H3,12,13,14,15,16,17). The van der Waals surface area contributed by atoms with Gasteiger partial charge in [-0.05, 0) is 5.92 Å². The molecule has 0 aliphatic rings. The van der Waals surface area contributed by atoms with Gasteiger partial charge in [0.05, 0.1) is 6.10 Å². The van der Waals surface area contributed by atoms with Crippen molar-refractivity contribution in [1.29, 1.82) is 0 Å². The van der Waals surface area contributed by atoms with Crippen LogP contribution < -0.4 is 11.2 Å². The summed E-state index contributed by atoms with van der Waals surface area (Å²) in [6.07, 6.45) is 0.570. The number of H-pyrrole nitrogens is 3. The SMILES string of the molecule is COC(Cc1nc2[nH]c(=O)[nH]c(=O)c2[nH]1)C(C)C. The Balaban J connectivity index is 2.39. The van der Waals surface area contributed by atoms with Gasteiger partial charge in [-0.3, -0.25) is 14.8 Å². The van der Waals surface area contributed by atoms with Crippen LogP contribution in [-0.4, -0.2) is 33.1 Å². The van der Waals surface area contributed by atoms with Crippen LogP contribution >= 0.6 is 0 Å². The lowest BCUT2D eigenvalue weighted by Gasteiger charge is -2.17. The summed E-state index contributed by atoms with van der Waals surface area (Å²) in [4.78, 5) is 34.4. The molecule has 0 fully saturated rings. The molecule has 0 saturated carbocycles. The molecule has 2 aromatic heterocycles. The van der Waals surface area contributed by atoms with Crippen LogP contribution in [0.25, 0.3) is 11.2 Å². The number of ether oxygens (including phenoxy) is 1. The molecule has 0 aliphatic carbocycles. The summed E-state index contributed by atoms with van der Waals surface area (Å²) in [5, 5.41) is 0. The average molecular weight is 252 g/mol. The Kier molecular flexibility index (Phi) is 3.33. The lowest BCUT2D eigenvalue weighted by atomic mass is 10.0. The lowest BCUT2D eigenvalue weighted by Crippen LogP contribution is -2.21. The molecule has 0 aliphatic heterocycles. The molecule has 0 spiro atoms. The maximum absolute atomic E-state index is 11.5. The highest BCUT2D eigenvalue weighted by Crippen LogP contribution is 2.12. The Hall–Kier alpha value is -1.89. The minimum absolute atomic E-state index is 0.0105. The molecule has 0 aromatic carbocycles. The van der Waals surface area contributed by atoms with Gasteiger partial charge < -0.3 is 9.72 Å². The summed E-state index contributed by atoms with van der Waals surface area (Å²) in [5.41, 5.74) is -0.468. The number of hydrogen-bond acceptors (Lipinski definition) is 4. The number of hydrogen-bond donors (Lipinski definition) is 3. The van der Waals surface area contributed by atoms with E-state index in [1.807, 2.05) is 13.8 Å². The molecule has 7 heteroatoms. The van der Waals surface area contributed by atoms with Gasteiger partial charge in [0, 0.05) is 13.5 Å². The van der Waals surface area contributed by atoms with Crippen LogP contribution in [0.15, 0.2) is 9.59 Å². The van der Waals surface area contributed by atoms with Gasteiger partial charge in [0.1, 0.15) is 11.3 Å². The van der Waals surface area contributed by atoms with E-state index in [1.165, 1.54) is 0 Å². The highest BCUT2D eigenvalue weighted by Gasteiger charge is 2.16. The summed E-state index contributed by atoms with van der Waals surface area (Å²) in [7, 11) is 1.64. The molecule has 2 rings (SSSR count). The number of imidazole rings is 1. The largest absolute Gasteiger partial charge is 0.381 e. The maximum Gasteiger partial charge on any atom is 0.327 e. The third kappa shape index (κ3) is 2.35. The minimum atomic E-state index is -0.558. The minimum Gasteiger partial charge on any atom is -0.381 e. The van der Waals surface area contributed by atoms with Crippen molar-refractivity contribution in [3.8, 4) is 0 Å². The van der Waals surface area contributed by atoms with Gasteiger partial charge >= 0.3 is 5.69 Å². The average Bonchev–Trinajstić information content (AvgIpc) is 2.68. The maximum atomic E-state index is 11.5. The van der Waals surface area contributed by atoms with E-state index in [2.05, 4.69) is 19.9 Å². The van der Waals surface area contributed by atoms with E-state index in [0.717, 1.165) is 0 Å². The summed E-state index contributed by atoms with van der Waals surface area (Å²) in [6, 6.07) is 0. The molecule has 18 heavy (non-hydrogen) atoms. The number of nitrogens with one attached hydrogen (secondary N) is 3. The Bertz CT molecular complexity index is 652. The van der Waals surface area contributed by atoms with Crippen LogP contribution in [0.2, 0.25) is 0 Å². The smallest absolute Gasteiger partial charge is 0.327 e. The first-order valence-corrected chi connectivity index (χ1v) is 5.75. The van der Waals surface area contributed by atoms with E-state index >= 15 is 0 Å². The molecule has 2 aromatic rings. The van der Waals surface area contributed by atoms with E-state index in [9.17, 15) is 9.59 Å². The third-order valence-corrected chi connectivity index (χ3v) is 2.88. The number of nitrogens with zero attached hydrogens (tertiary/aromatic N) is 1. The topological polar surface area (TPSA) is 104 Å². The quantitative estimate of drug-likeness (QED) is 0.720. The van der Waals surface area contributed by atoms with Crippen molar-refractivity contribution in [2.24, 2.45) is 5.92 Å². The second-order valence-electron chi connectivity index (χ2n) is 4.54. The molecule has 3 N–H and O–H groups in total. The Labute approximate surface area is 103 Å². The van der Waals surface area contributed by atoms with Gasteiger partial charge in [0.2, 0.25) is 0 Å². The van der Waals surface area contributed by atoms with Crippen LogP contribution in [0.4, 0.5) is 0 Å². The van der Waals surface area contributed by atoms with Gasteiger partial charge in [-0.15, -0.1) is 0 Å². The second-order valence-corrected chi connectivity index (χ2v) is 4.54. The van der Waals surface area contributed by atoms with Crippen molar-refractivity contribution in [2.45, 2.75) is 26.4 Å². The first-order chi connectivity index (χ1) is 8.51. The van der Waals surface area contributed by atoms with Crippen molar-refractivity contribution < 1.29 is 4.74 Å².